The molecule has 2 N–H and O–H groups in total. The van der Waals surface area contributed by atoms with Crippen LogP contribution in [0.15, 0.2) is 35.0 Å². The zero-order valence-corrected chi connectivity index (χ0v) is 16.3. The highest BCUT2D eigenvalue weighted by Gasteiger charge is 2.37. The normalized spacial score (nSPS) is 19.4. The number of piperidine rings is 1. The number of likely N-dealkylation sites (tertiary alicyclic amines) is 1. The molecule has 0 radical (unpaired) electrons. The number of aromatic amines is 1. The Kier molecular flexibility index (Phi) is 5.30. The van der Waals surface area contributed by atoms with Crippen LogP contribution in [0.4, 0.5) is 0 Å². The molecule has 0 bridgehead atoms. The lowest BCUT2D eigenvalue weighted by Crippen LogP contribution is -2.53. The van der Waals surface area contributed by atoms with E-state index in [9.17, 15) is 9.59 Å². The number of rotatable bonds is 5. The summed E-state index contributed by atoms with van der Waals surface area (Å²) in [6.07, 6.45) is 2.34. The molecule has 1 aliphatic heterocycles. The van der Waals surface area contributed by atoms with Crippen molar-refractivity contribution in [3.8, 4) is 0 Å². The fourth-order valence-corrected chi connectivity index (χ4v) is 3.84. The number of ether oxygens (including phenoxy) is 1. The Morgan fingerprint density at radius 3 is 2.97 bits per heavy atom. The molecule has 1 aromatic carbocycles. The van der Waals surface area contributed by atoms with E-state index in [0.717, 1.165) is 10.9 Å². The van der Waals surface area contributed by atoms with Crippen LogP contribution in [0.3, 0.4) is 0 Å². The van der Waals surface area contributed by atoms with Crippen LogP contribution in [0.5, 0.6) is 0 Å². The van der Waals surface area contributed by atoms with Crippen LogP contribution >= 0.6 is 0 Å². The highest BCUT2D eigenvalue weighted by atomic mass is 16.5. The van der Waals surface area contributed by atoms with Crippen LogP contribution < -0.4 is 5.32 Å². The van der Waals surface area contributed by atoms with Gasteiger partial charge in [0.25, 0.3) is 5.91 Å². The monoisotopic (exact) mass is 397 g/mol. The molecule has 152 valence electrons. The average Bonchev–Trinajstić information content (AvgIpc) is 3.34. The summed E-state index contributed by atoms with van der Waals surface area (Å²) in [4.78, 5) is 34.6. The number of hydrogen-bond donors (Lipinski definition) is 2. The fraction of sp³-hybridized carbons (Fsp3) is 0.400. The van der Waals surface area contributed by atoms with Crippen LogP contribution in [-0.4, -0.2) is 64.7 Å². The zero-order valence-electron chi connectivity index (χ0n) is 16.3. The molecule has 2 atom stereocenters. The van der Waals surface area contributed by atoms with Gasteiger partial charge in [0.15, 0.2) is 5.82 Å². The van der Waals surface area contributed by atoms with Crippen molar-refractivity contribution in [3.63, 3.8) is 0 Å². The number of carbonyl (C=O) groups excluding carboxylic acids is 2. The van der Waals surface area contributed by atoms with E-state index in [-0.39, 0.29) is 30.4 Å². The number of para-hydroxylation sites is 1. The van der Waals surface area contributed by atoms with E-state index in [0.29, 0.717) is 36.8 Å². The molecule has 0 unspecified atom stereocenters. The molecule has 0 aliphatic carbocycles. The quantitative estimate of drug-likeness (QED) is 0.676. The number of aryl methyl sites for hydroxylation is 1. The van der Waals surface area contributed by atoms with Gasteiger partial charge in [-0.1, -0.05) is 23.4 Å². The molecule has 1 aliphatic rings. The number of carbonyl (C=O) groups is 2. The molecule has 2 amide bonds. The minimum absolute atomic E-state index is 0.0531. The molecule has 1 saturated heterocycles. The number of H-pyrrole nitrogens is 1. The van der Waals surface area contributed by atoms with Gasteiger partial charge in [-0.25, -0.2) is 0 Å². The van der Waals surface area contributed by atoms with Gasteiger partial charge < -0.3 is 24.5 Å². The maximum absolute atomic E-state index is 13.2. The number of amides is 2. The lowest BCUT2D eigenvalue weighted by atomic mass is 9.90. The number of nitrogens with zero attached hydrogens (tertiary/aromatic N) is 3. The molecular weight excluding hydrogens is 374 g/mol. The Labute approximate surface area is 167 Å². The van der Waals surface area contributed by atoms with Crippen molar-refractivity contribution in [2.24, 2.45) is 0 Å². The van der Waals surface area contributed by atoms with E-state index in [1.54, 1.807) is 18.0 Å². The second-order valence-corrected chi connectivity index (χ2v) is 7.18. The topological polar surface area (TPSA) is 113 Å². The first-order chi connectivity index (χ1) is 14.1. The van der Waals surface area contributed by atoms with Gasteiger partial charge in [0.1, 0.15) is 6.61 Å². The Morgan fingerprint density at radius 2 is 2.21 bits per heavy atom. The fourth-order valence-electron chi connectivity index (χ4n) is 3.84. The van der Waals surface area contributed by atoms with Crippen molar-refractivity contribution < 1.29 is 18.8 Å². The maximum Gasteiger partial charge on any atom is 0.256 e. The van der Waals surface area contributed by atoms with Crippen LogP contribution in [-0.2, 0) is 9.53 Å². The third-order valence-electron chi connectivity index (χ3n) is 5.20. The molecule has 9 nitrogen and oxygen atoms in total. The van der Waals surface area contributed by atoms with E-state index in [1.165, 1.54) is 7.11 Å². The summed E-state index contributed by atoms with van der Waals surface area (Å²) in [7, 11) is 1.46. The van der Waals surface area contributed by atoms with E-state index < -0.39 is 0 Å². The van der Waals surface area contributed by atoms with Crippen molar-refractivity contribution in [3.05, 3.63) is 47.7 Å². The van der Waals surface area contributed by atoms with E-state index in [2.05, 4.69) is 20.4 Å². The van der Waals surface area contributed by atoms with Gasteiger partial charge in [-0.3, -0.25) is 9.59 Å². The Balaban J connectivity index is 1.57. The summed E-state index contributed by atoms with van der Waals surface area (Å²) in [5.74, 6) is 0.529. The van der Waals surface area contributed by atoms with Crippen molar-refractivity contribution in [2.75, 3.05) is 26.8 Å². The van der Waals surface area contributed by atoms with Crippen molar-refractivity contribution in [2.45, 2.75) is 25.3 Å². The highest BCUT2D eigenvalue weighted by molar-refractivity contribution is 6.06. The minimum atomic E-state index is -0.347. The SMILES string of the molecule is COCC(=O)N[C@@H]1CN(C(=O)c2c[nH]c3ccccc23)CC[C@@H]1c1nc(C)no1. The smallest absolute Gasteiger partial charge is 0.256 e. The highest BCUT2D eigenvalue weighted by Crippen LogP contribution is 2.29. The lowest BCUT2D eigenvalue weighted by Gasteiger charge is -2.37. The third kappa shape index (κ3) is 3.86. The van der Waals surface area contributed by atoms with Crippen LogP contribution in [0.1, 0.15) is 34.4 Å². The first-order valence-electron chi connectivity index (χ1n) is 9.50. The van der Waals surface area contributed by atoms with Crippen molar-refractivity contribution in [1.82, 2.24) is 25.3 Å². The molecule has 3 heterocycles. The second kappa shape index (κ2) is 8.04. The molecular formula is C20H23N5O4. The number of aromatic nitrogens is 3. The number of hydrogen-bond acceptors (Lipinski definition) is 6. The summed E-state index contributed by atoms with van der Waals surface area (Å²) in [5.41, 5.74) is 1.53. The van der Waals surface area contributed by atoms with Crippen LogP contribution in [0.25, 0.3) is 10.9 Å². The van der Waals surface area contributed by atoms with Gasteiger partial charge in [-0.15, -0.1) is 0 Å². The van der Waals surface area contributed by atoms with E-state index in [1.807, 2.05) is 24.3 Å². The van der Waals surface area contributed by atoms with Crippen LogP contribution in [0.2, 0.25) is 0 Å². The number of methoxy groups -OCH3 is 1. The number of benzene rings is 1. The average molecular weight is 397 g/mol. The maximum atomic E-state index is 13.2. The first-order valence-corrected chi connectivity index (χ1v) is 9.50. The number of nitrogens with one attached hydrogen (secondary N) is 2. The van der Waals surface area contributed by atoms with Crippen LogP contribution in [0, 0.1) is 6.92 Å². The summed E-state index contributed by atoms with van der Waals surface area (Å²) in [6.45, 7) is 2.57. The predicted molar refractivity (Wildman–Crippen MR) is 104 cm³/mol. The Hall–Kier alpha value is -3.20. The molecule has 1 fully saturated rings. The van der Waals surface area contributed by atoms with Gasteiger partial charge in [0, 0.05) is 37.3 Å². The summed E-state index contributed by atoms with van der Waals surface area (Å²) >= 11 is 0. The molecule has 2 aromatic heterocycles. The molecule has 0 spiro atoms. The minimum Gasteiger partial charge on any atom is -0.375 e. The van der Waals surface area contributed by atoms with Crippen molar-refractivity contribution >= 4 is 22.7 Å². The molecule has 9 heteroatoms. The molecule has 29 heavy (non-hydrogen) atoms. The van der Waals surface area contributed by atoms with Gasteiger partial charge >= 0.3 is 0 Å². The van der Waals surface area contributed by atoms with E-state index >= 15 is 0 Å². The molecule has 0 saturated carbocycles. The molecule has 4 rings (SSSR count). The largest absolute Gasteiger partial charge is 0.375 e. The Morgan fingerprint density at radius 1 is 1.38 bits per heavy atom. The second-order valence-electron chi connectivity index (χ2n) is 7.18. The van der Waals surface area contributed by atoms with Gasteiger partial charge in [0.05, 0.1) is 17.5 Å². The summed E-state index contributed by atoms with van der Waals surface area (Å²) in [6, 6.07) is 7.34. The standard InChI is InChI=1S/C20H23N5O4/c1-12-22-19(29-24-12)14-7-8-25(10-17(14)23-18(26)11-28-2)20(27)15-9-21-16-6-4-3-5-13(15)16/h3-6,9,14,17,21H,7-8,10-11H2,1-2H3,(H,23,26)/t14-,17+/m0/s1. The lowest BCUT2D eigenvalue weighted by molar-refractivity contribution is -0.126. The zero-order chi connectivity index (χ0) is 20.4. The van der Waals surface area contributed by atoms with Gasteiger partial charge in [-0.2, -0.15) is 4.98 Å². The Bertz CT molecular complexity index is 1030. The third-order valence-corrected chi connectivity index (χ3v) is 5.20. The van der Waals surface area contributed by atoms with E-state index in [4.69, 9.17) is 9.26 Å². The first kappa shape index (κ1) is 19.1. The summed E-state index contributed by atoms with van der Waals surface area (Å²) in [5, 5.41) is 7.70. The number of fused-ring (bicyclic) bond motifs is 1. The van der Waals surface area contributed by atoms with Gasteiger partial charge in [-0.05, 0) is 19.4 Å². The predicted octanol–water partition coefficient (Wildman–Crippen LogP) is 1.62. The summed E-state index contributed by atoms with van der Waals surface area (Å²) < 4.78 is 10.3. The van der Waals surface area contributed by atoms with Crippen molar-refractivity contribution in [1.29, 1.82) is 0 Å². The molecule has 3 aromatic rings. The van der Waals surface area contributed by atoms with Gasteiger partial charge in [0.2, 0.25) is 11.8 Å².